The first-order chi connectivity index (χ1) is 10.5. The normalized spacial score (nSPS) is 12.4. The Labute approximate surface area is 178 Å². The molecule has 0 rings (SSSR count). The van der Waals surface area contributed by atoms with Crippen molar-refractivity contribution in [1.29, 1.82) is 0 Å². The molecule has 0 aromatic carbocycles. The molecule has 0 amide bonds. The van der Waals surface area contributed by atoms with Crippen LogP contribution in [0.25, 0.3) is 0 Å². The summed E-state index contributed by atoms with van der Waals surface area (Å²) in [4.78, 5) is 10.5. The van der Waals surface area contributed by atoms with Gasteiger partial charge in [-0.25, -0.2) is 0 Å². The SMILES string of the molecule is [2H]C([2H])(CCCCCCCCCCCCCCCC)C(=O)[O-].[K+]. The van der Waals surface area contributed by atoms with Crippen LogP contribution >= 0.6 is 0 Å². The van der Waals surface area contributed by atoms with Gasteiger partial charge in [-0.1, -0.05) is 96.8 Å². The monoisotopic (exact) mass is 324 g/mol. The molecule has 0 aliphatic heterocycles. The van der Waals surface area contributed by atoms with E-state index in [1.807, 2.05) is 0 Å². The number of unbranched alkanes of at least 4 members (excludes halogenated alkanes) is 13. The molecule has 0 aliphatic carbocycles. The Morgan fingerprint density at radius 3 is 1.29 bits per heavy atom. The quantitative estimate of drug-likeness (QED) is 0.322. The van der Waals surface area contributed by atoms with Gasteiger partial charge in [0.2, 0.25) is 0 Å². The van der Waals surface area contributed by atoms with Gasteiger partial charge in [0.05, 0.1) is 0 Å². The Bertz CT molecular complexity index is 274. The maximum atomic E-state index is 10.5. The summed E-state index contributed by atoms with van der Waals surface area (Å²) in [5, 5.41) is 10.5. The topological polar surface area (TPSA) is 40.1 Å². The minimum atomic E-state index is -2.16. The van der Waals surface area contributed by atoms with Crippen LogP contribution in [0.1, 0.15) is 112 Å². The van der Waals surface area contributed by atoms with Gasteiger partial charge in [-0.05, 0) is 12.8 Å². The molecule has 0 saturated heterocycles. The predicted octanol–water partition coefficient (Wildman–Crippen LogP) is 2.00. The van der Waals surface area contributed by atoms with Crippen LogP contribution in [0.4, 0.5) is 0 Å². The van der Waals surface area contributed by atoms with Gasteiger partial charge in [0.15, 0.2) is 0 Å². The molecule has 0 aliphatic rings. The van der Waals surface area contributed by atoms with Gasteiger partial charge < -0.3 is 9.90 Å². The van der Waals surface area contributed by atoms with E-state index in [2.05, 4.69) is 6.92 Å². The molecular weight excluding hydrogens is 287 g/mol. The zero-order valence-corrected chi connectivity index (χ0v) is 17.5. The molecule has 0 aromatic rings. The number of rotatable bonds is 16. The maximum Gasteiger partial charge on any atom is 1.00 e. The zero-order valence-electron chi connectivity index (χ0n) is 16.4. The Morgan fingerprint density at radius 1 is 0.714 bits per heavy atom. The van der Waals surface area contributed by atoms with E-state index in [4.69, 9.17) is 2.74 Å². The van der Waals surface area contributed by atoms with E-state index in [1.165, 1.54) is 70.6 Å². The maximum absolute atomic E-state index is 10.5. The molecular formula is C18H35KO2. The third-order valence-corrected chi connectivity index (χ3v) is 3.80. The smallest absolute Gasteiger partial charge is 0.550 e. The van der Waals surface area contributed by atoms with Crippen molar-refractivity contribution in [2.24, 2.45) is 0 Å². The van der Waals surface area contributed by atoms with Gasteiger partial charge in [0, 0.05) is 8.71 Å². The van der Waals surface area contributed by atoms with Gasteiger partial charge in [-0.15, -0.1) is 0 Å². The largest absolute Gasteiger partial charge is 1.00 e. The molecule has 120 valence electrons. The second-order valence-corrected chi connectivity index (χ2v) is 5.81. The van der Waals surface area contributed by atoms with Gasteiger partial charge in [-0.2, -0.15) is 0 Å². The molecule has 0 radical (unpaired) electrons. The van der Waals surface area contributed by atoms with E-state index < -0.39 is 12.3 Å². The average molecular weight is 325 g/mol. The summed E-state index contributed by atoms with van der Waals surface area (Å²) in [6.07, 6.45) is 15.2. The van der Waals surface area contributed by atoms with Crippen LogP contribution in [-0.4, -0.2) is 5.97 Å². The molecule has 2 nitrogen and oxygen atoms in total. The fourth-order valence-electron chi connectivity index (χ4n) is 2.51. The van der Waals surface area contributed by atoms with Crippen molar-refractivity contribution in [3.8, 4) is 0 Å². The van der Waals surface area contributed by atoms with Crippen molar-refractivity contribution in [1.82, 2.24) is 0 Å². The Balaban J connectivity index is 0. The standard InChI is InChI=1S/C18H36O2.K/c1-2-3-4-5-6-7-8-9-10-11-12-13-14-15-16-17-18(19)20;/h2-17H2,1H3,(H,19,20);/q;+1/p-1/i17D2;. The molecule has 0 aromatic heterocycles. The molecule has 0 bridgehead atoms. The fraction of sp³-hybridized carbons (Fsp3) is 0.944. The predicted molar refractivity (Wildman–Crippen MR) is 84.6 cm³/mol. The van der Waals surface area contributed by atoms with Gasteiger partial charge in [0.1, 0.15) is 0 Å². The number of aliphatic carboxylic acids is 1. The summed E-state index contributed by atoms with van der Waals surface area (Å²) in [6.45, 7) is 2.25. The summed E-state index contributed by atoms with van der Waals surface area (Å²) in [6, 6.07) is 0. The Hall–Kier alpha value is 1.11. The molecule has 0 heterocycles. The summed E-state index contributed by atoms with van der Waals surface area (Å²) < 4.78 is 14.5. The first kappa shape index (κ1) is 20.2. The fourth-order valence-corrected chi connectivity index (χ4v) is 2.51. The number of carbonyl (C=O) groups is 1. The van der Waals surface area contributed by atoms with Crippen molar-refractivity contribution in [3.63, 3.8) is 0 Å². The minimum absolute atomic E-state index is 0. The Kier molecular flexibility index (Phi) is 20.3. The van der Waals surface area contributed by atoms with Crippen LogP contribution in [0.15, 0.2) is 0 Å². The van der Waals surface area contributed by atoms with Crippen molar-refractivity contribution in [3.05, 3.63) is 0 Å². The Morgan fingerprint density at radius 2 is 1.00 bits per heavy atom. The average Bonchev–Trinajstić information content (AvgIpc) is 2.47. The number of carboxylic acids is 1. The first-order valence-electron chi connectivity index (χ1n) is 9.72. The zero-order chi connectivity index (χ0) is 16.7. The van der Waals surface area contributed by atoms with Crippen LogP contribution in [-0.2, 0) is 4.79 Å². The summed E-state index contributed by atoms with van der Waals surface area (Å²) >= 11 is 0. The van der Waals surface area contributed by atoms with Gasteiger partial charge in [-0.3, -0.25) is 0 Å². The van der Waals surface area contributed by atoms with Crippen LogP contribution < -0.4 is 56.5 Å². The molecule has 21 heavy (non-hydrogen) atoms. The van der Waals surface area contributed by atoms with Gasteiger partial charge in [0.25, 0.3) is 0 Å². The number of hydrogen-bond acceptors (Lipinski definition) is 2. The number of hydrogen-bond donors (Lipinski definition) is 0. The molecule has 0 spiro atoms. The second kappa shape index (κ2) is 21.1. The first-order valence-corrected chi connectivity index (χ1v) is 8.72. The van der Waals surface area contributed by atoms with E-state index in [0.29, 0.717) is 6.42 Å². The van der Waals surface area contributed by atoms with Crippen LogP contribution in [0.2, 0.25) is 0 Å². The molecule has 0 unspecified atom stereocenters. The molecule has 0 fully saturated rings. The van der Waals surface area contributed by atoms with Crippen molar-refractivity contribution in [2.75, 3.05) is 0 Å². The van der Waals surface area contributed by atoms with E-state index in [9.17, 15) is 9.90 Å². The molecule has 0 atom stereocenters. The number of carbonyl (C=O) groups excluding carboxylic acids is 1. The van der Waals surface area contributed by atoms with E-state index in [0.717, 1.165) is 12.8 Å². The van der Waals surface area contributed by atoms with Crippen molar-refractivity contribution in [2.45, 2.75) is 110 Å². The third-order valence-electron chi connectivity index (χ3n) is 3.80. The van der Waals surface area contributed by atoms with E-state index in [-0.39, 0.29) is 57.8 Å². The van der Waals surface area contributed by atoms with Crippen LogP contribution in [0.3, 0.4) is 0 Å². The van der Waals surface area contributed by atoms with E-state index >= 15 is 0 Å². The summed E-state index contributed by atoms with van der Waals surface area (Å²) in [7, 11) is 0. The summed E-state index contributed by atoms with van der Waals surface area (Å²) in [5.74, 6) is -1.58. The molecule has 0 N–H and O–H groups in total. The van der Waals surface area contributed by atoms with Crippen LogP contribution in [0.5, 0.6) is 0 Å². The number of carboxylic acid groups (broad SMARTS) is 1. The molecule has 0 saturated carbocycles. The van der Waals surface area contributed by atoms with Crippen LogP contribution in [0, 0.1) is 0 Å². The third kappa shape index (κ3) is 23.5. The van der Waals surface area contributed by atoms with Crippen molar-refractivity contribution >= 4 is 5.97 Å². The summed E-state index contributed by atoms with van der Waals surface area (Å²) in [5.41, 5.74) is 0. The van der Waals surface area contributed by atoms with Gasteiger partial charge >= 0.3 is 51.4 Å². The minimum Gasteiger partial charge on any atom is -0.550 e. The molecule has 3 heteroatoms. The van der Waals surface area contributed by atoms with E-state index in [1.54, 1.807) is 0 Å². The second-order valence-electron chi connectivity index (χ2n) is 5.81. The van der Waals surface area contributed by atoms with Crippen molar-refractivity contribution < 1.29 is 64.0 Å².